The highest BCUT2D eigenvalue weighted by Gasteiger charge is 2.29. The van der Waals surface area contributed by atoms with Crippen LogP contribution in [0.15, 0.2) is 116 Å². The Bertz CT molecular complexity index is 1740. The van der Waals surface area contributed by atoms with Crippen molar-refractivity contribution < 1.29 is 14.3 Å². The zero-order valence-corrected chi connectivity index (χ0v) is 22.5. The molecule has 0 aliphatic carbocycles. The first-order valence-corrected chi connectivity index (χ1v) is 13.5. The second-order valence-corrected chi connectivity index (χ2v) is 9.62. The number of anilines is 2. The van der Waals surface area contributed by atoms with E-state index in [4.69, 9.17) is 4.74 Å². The molecule has 7 nitrogen and oxygen atoms in total. The first-order valence-electron chi connectivity index (χ1n) is 13.5. The lowest BCUT2D eigenvalue weighted by Gasteiger charge is -2.15. The second-order valence-electron chi connectivity index (χ2n) is 9.62. The normalized spacial score (nSPS) is 13.3. The Balaban J connectivity index is 1.33. The quantitative estimate of drug-likeness (QED) is 0.169. The molecule has 2 N–H and O–H groups in total. The summed E-state index contributed by atoms with van der Waals surface area (Å²) in [4.78, 5) is 30.2. The molecule has 41 heavy (non-hydrogen) atoms. The number of nitrogens with one attached hydrogen (secondary N) is 2. The van der Waals surface area contributed by atoms with Crippen LogP contribution in [0.2, 0.25) is 0 Å². The van der Waals surface area contributed by atoms with Crippen LogP contribution in [0.1, 0.15) is 34.0 Å². The zero-order chi connectivity index (χ0) is 28.2. The summed E-state index contributed by atoms with van der Waals surface area (Å²) in [6.45, 7) is 2.77. The first kappa shape index (κ1) is 25.8. The first-order chi connectivity index (χ1) is 20.1. The van der Waals surface area contributed by atoms with Gasteiger partial charge in [0.05, 0.1) is 29.1 Å². The van der Waals surface area contributed by atoms with Gasteiger partial charge < -0.3 is 19.9 Å². The number of hydrogen-bond acceptors (Lipinski definition) is 5. The molecule has 4 aromatic carbocycles. The molecule has 1 aliphatic rings. The molecule has 0 unspecified atom stereocenters. The fraction of sp³-hybridized carbons (Fsp3) is 0.0882. The number of nitrogens with zero attached hydrogens (tertiary/aromatic N) is 2. The smallest absolute Gasteiger partial charge is 0.338 e. The third-order valence-electron chi connectivity index (χ3n) is 6.91. The highest BCUT2D eigenvalue weighted by Crippen LogP contribution is 2.38. The number of esters is 1. The third-order valence-corrected chi connectivity index (χ3v) is 6.91. The van der Waals surface area contributed by atoms with Gasteiger partial charge in [-0.15, -0.1) is 0 Å². The molecule has 6 rings (SSSR count). The molecule has 0 radical (unpaired) electrons. The Labute approximate surface area is 238 Å². The van der Waals surface area contributed by atoms with Crippen LogP contribution in [0.5, 0.6) is 0 Å². The van der Waals surface area contributed by atoms with Gasteiger partial charge in [0.25, 0.3) is 5.91 Å². The topological polar surface area (TPSA) is 85.2 Å². The second kappa shape index (κ2) is 11.4. The van der Waals surface area contributed by atoms with Crippen molar-refractivity contribution in [3.8, 4) is 11.4 Å². The van der Waals surface area contributed by atoms with Crippen molar-refractivity contribution in [3.63, 3.8) is 0 Å². The van der Waals surface area contributed by atoms with Crippen molar-refractivity contribution in [2.24, 2.45) is 0 Å². The average Bonchev–Trinajstić information content (AvgIpc) is 3.60. The van der Waals surface area contributed by atoms with Crippen molar-refractivity contribution in [2.75, 3.05) is 17.2 Å². The fourth-order valence-electron chi connectivity index (χ4n) is 4.97. The standard InChI is InChI=1S/C34H28N4O3/c1-2-41-34(40)26-15-18-28-29(21-26)37-33(39)30(28)31(24-11-7-4-8-12-24)36-27-16-13-25(14-17-27)32-35-19-20-38(32)22-23-9-5-3-6-10-23/h3-21,36H,2,22H2,1H3,(H,37,39)/b31-30+. The summed E-state index contributed by atoms with van der Waals surface area (Å²) in [6, 6.07) is 33.2. The van der Waals surface area contributed by atoms with Gasteiger partial charge in [-0.1, -0.05) is 66.7 Å². The summed E-state index contributed by atoms with van der Waals surface area (Å²) in [7, 11) is 0. The fourth-order valence-corrected chi connectivity index (χ4v) is 4.97. The van der Waals surface area contributed by atoms with Crippen molar-refractivity contribution >= 4 is 34.5 Å². The van der Waals surface area contributed by atoms with Crippen LogP contribution in [0, 0.1) is 0 Å². The van der Waals surface area contributed by atoms with E-state index in [-0.39, 0.29) is 12.5 Å². The maximum absolute atomic E-state index is 13.3. The Morgan fingerprint density at radius 3 is 2.37 bits per heavy atom. The predicted molar refractivity (Wildman–Crippen MR) is 161 cm³/mol. The number of imidazole rings is 1. The Hall–Kier alpha value is -5.43. The van der Waals surface area contributed by atoms with Crippen molar-refractivity contribution in [1.29, 1.82) is 0 Å². The predicted octanol–water partition coefficient (Wildman–Crippen LogP) is 6.71. The van der Waals surface area contributed by atoms with Crippen LogP contribution in [-0.4, -0.2) is 28.0 Å². The summed E-state index contributed by atoms with van der Waals surface area (Å²) < 4.78 is 7.25. The van der Waals surface area contributed by atoms with Gasteiger partial charge in [-0.2, -0.15) is 0 Å². The lowest BCUT2D eigenvalue weighted by Crippen LogP contribution is -2.10. The Kier molecular flexibility index (Phi) is 7.15. The van der Waals surface area contributed by atoms with Crippen molar-refractivity contribution in [1.82, 2.24) is 9.55 Å². The molecule has 0 bridgehead atoms. The summed E-state index contributed by atoms with van der Waals surface area (Å²) in [5, 5.41) is 6.41. The van der Waals surface area contributed by atoms with E-state index in [1.807, 2.05) is 85.2 Å². The lowest BCUT2D eigenvalue weighted by atomic mass is 9.99. The summed E-state index contributed by atoms with van der Waals surface area (Å²) >= 11 is 0. The summed E-state index contributed by atoms with van der Waals surface area (Å²) in [5.41, 5.74) is 6.73. The number of fused-ring (bicyclic) bond motifs is 1. The van der Waals surface area contributed by atoms with Crippen LogP contribution in [0.3, 0.4) is 0 Å². The van der Waals surface area contributed by atoms with E-state index >= 15 is 0 Å². The number of hydrogen-bond donors (Lipinski definition) is 2. The number of amides is 1. The minimum atomic E-state index is -0.423. The molecule has 2 heterocycles. The highest BCUT2D eigenvalue weighted by molar-refractivity contribution is 6.37. The van der Waals surface area contributed by atoms with Gasteiger partial charge in [-0.25, -0.2) is 9.78 Å². The minimum Gasteiger partial charge on any atom is -0.462 e. The van der Waals surface area contributed by atoms with Crippen molar-refractivity contribution in [3.05, 3.63) is 138 Å². The van der Waals surface area contributed by atoms with Gasteiger partial charge in [-0.05, 0) is 54.4 Å². The van der Waals surface area contributed by atoms with E-state index in [2.05, 4.69) is 32.3 Å². The number of carbonyl (C=O) groups excluding carboxylic acids is 2. The highest BCUT2D eigenvalue weighted by atomic mass is 16.5. The number of benzene rings is 4. The van der Waals surface area contributed by atoms with Crippen LogP contribution >= 0.6 is 0 Å². The zero-order valence-electron chi connectivity index (χ0n) is 22.5. The molecule has 7 heteroatoms. The van der Waals surface area contributed by atoms with E-state index in [9.17, 15) is 9.59 Å². The maximum atomic E-state index is 13.3. The molecule has 1 aliphatic heterocycles. The summed E-state index contributed by atoms with van der Waals surface area (Å²) in [6.07, 6.45) is 3.79. The lowest BCUT2D eigenvalue weighted by molar-refractivity contribution is -0.110. The number of aromatic nitrogens is 2. The SMILES string of the molecule is CCOC(=O)c1ccc2c(c1)NC(=O)/C2=C(/Nc1ccc(-c2nccn2Cc2ccccc2)cc1)c1ccccc1. The largest absolute Gasteiger partial charge is 0.462 e. The van der Waals surface area contributed by atoms with Crippen LogP contribution in [0.25, 0.3) is 22.7 Å². The molecule has 0 spiro atoms. The molecule has 0 saturated carbocycles. The van der Waals surface area contributed by atoms with E-state index in [1.165, 1.54) is 5.56 Å². The molecular formula is C34H28N4O3. The van der Waals surface area contributed by atoms with Crippen LogP contribution in [0.4, 0.5) is 11.4 Å². The Morgan fingerprint density at radius 2 is 1.63 bits per heavy atom. The molecule has 0 saturated heterocycles. The molecule has 1 amide bonds. The van der Waals surface area contributed by atoms with Gasteiger partial charge in [0.2, 0.25) is 0 Å². The van der Waals surface area contributed by atoms with Gasteiger partial charge in [0, 0.05) is 35.8 Å². The van der Waals surface area contributed by atoms with E-state index in [1.54, 1.807) is 25.1 Å². The number of ether oxygens (including phenoxy) is 1. The molecule has 0 atom stereocenters. The van der Waals surface area contributed by atoms with E-state index in [0.29, 0.717) is 28.1 Å². The Morgan fingerprint density at radius 1 is 0.902 bits per heavy atom. The van der Waals surface area contributed by atoms with Gasteiger partial charge in [0.1, 0.15) is 5.82 Å². The molecule has 202 valence electrons. The van der Waals surface area contributed by atoms with Crippen LogP contribution in [-0.2, 0) is 16.1 Å². The van der Waals surface area contributed by atoms with Crippen LogP contribution < -0.4 is 10.6 Å². The molecule has 1 aromatic heterocycles. The van der Waals surface area contributed by atoms with E-state index < -0.39 is 5.97 Å². The van der Waals surface area contributed by atoms with Gasteiger partial charge >= 0.3 is 5.97 Å². The van der Waals surface area contributed by atoms with Gasteiger partial charge in [0.15, 0.2) is 0 Å². The molecule has 5 aromatic rings. The number of carbonyl (C=O) groups is 2. The monoisotopic (exact) mass is 540 g/mol. The molecular weight excluding hydrogens is 512 g/mol. The van der Waals surface area contributed by atoms with Gasteiger partial charge in [-0.3, -0.25) is 4.79 Å². The average molecular weight is 541 g/mol. The minimum absolute atomic E-state index is 0.244. The van der Waals surface area contributed by atoms with Crippen molar-refractivity contribution in [2.45, 2.75) is 13.5 Å². The van der Waals surface area contributed by atoms with E-state index in [0.717, 1.165) is 29.2 Å². The number of rotatable bonds is 8. The third kappa shape index (κ3) is 5.38. The summed E-state index contributed by atoms with van der Waals surface area (Å²) in [5.74, 6) is 0.211. The molecule has 0 fully saturated rings. The maximum Gasteiger partial charge on any atom is 0.338 e.